The number of ether oxygens (including phenoxy) is 2. The molecule has 8 heteroatoms. The van der Waals surface area contributed by atoms with Gasteiger partial charge in [-0.05, 0) is 115 Å². The van der Waals surface area contributed by atoms with Gasteiger partial charge in [-0.3, -0.25) is 9.59 Å². The van der Waals surface area contributed by atoms with E-state index in [1.165, 1.54) is 0 Å². The summed E-state index contributed by atoms with van der Waals surface area (Å²) >= 11 is 1.73. The van der Waals surface area contributed by atoms with Crippen LogP contribution in [0.4, 0.5) is 22.7 Å². The highest BCUT2D eigenvalue weighted by atomic mass is 32.1. The van der Waals surface area contributed by atoms with E-state index in [2.05, 4.69) is 97.6 Å². The van der Waals surface area contributed by atoms with Crippen LogP contribution in [-0.2, 0) is 5.41 Å². The smallest absolute Gasteiger partial charge is 0.268 e. The molecule has 0 bridgehead atoms. The van der Waals surface area contributed by atoms with Crippen LogP contribution in [0.2, 0.25) is 0 Å². The summed E-state index contributed by atoms with van der Waals surface area (Å²) in [5.74, 6) is 1.22. The lowest BCUT2D eigenvalue weighted by molar-refractivity contribution is 0.340. The molecule has 0 spiro atoms. The molecule has 5 aromatic carbocycles. The molecule has 0 radical (unpaired) electrons. The van der Waals surface area contributed by atoms with Crippen LogP contribution in [0.1, 0.15) is 38.8 Å². The molecule has 1 N–H and O–H groups in total. The van der Waals surface area contributed by atoms with E-state index in [0.29, 0.717) is 13.2 Å². The largest absolute Gasteiger partial charge is 0.504 e. The number of anilines is 4. The Hall–Kier alpha value is -5.60. The molecule has 7 rings (SSSR count). The van der Waals surface area contributed by atoms with Gasteiger partial charge in [0.2, 0.25) is 5.43 Å². The SMILES string of the molecule is CCOc1ccc(N(c2ccc(OCC)cc2)c2ccc(-c3ccc(-c4ccc5c(c4)N(C)/C(=C/c4c(O)c(=O)c4=O)C5(C)C)s3)cc2)cc1. The summed E-state index contributed by atoms with van der Waals surface area (Å²) in [6, 6.07) is 35.6. The van der Waals surface area contributed by atoms with Crippen molar-refractivity contribution in [3.8, 4) is 38.1 Å². The molecular weight excluding hydrogens is 645 g/mol. The number of aromatic hydroxyl groups is 1. The van der Waals surface area contributed by atoms with Crippen molar-refractivity contribution in [2.75, 3.05) is 30.1 Å². The van der Waals surface area contributed by atoms with Crippen LogP contribution in [-0.4, -0.2) is 25.4 Å². The molecule has 7 nitrogen and oxygen atoms in total. The van der Waals surface area contributed by atoms with E-state index in [4.69, 9.17) is 9.47 Å². The molecule has 0 unspecified atom stereocenters. The summed E-state index contributed by atoms with van der Waals surface area (Å²) in [7, 11) is 1.96. The van der Waals surface area contributed by atoms with Crippen LogP contribution in [0, 0.1) is 0 Å². The van der Waals surface area contributed by atoms with Crippen LogP contribution < -0.4 is 30.1 Å². The molecule has 0 saturated heterocycles. The van der Waals surface area contributed by atoms with Crippen molar-refractivity contribution < 1.29 is 14.6 Å². The van der Waals surface area contributed by atoms with E-state index in [1.807, 2.05) is 50.1 Å². The van der Waals surface area contributed by atoms with E-state index < -0.39 is 22.0 Å². The minimum atomic E-state index is -0.823. The number of hydrogen-bond donors (Lipinski definition) is 1. The number of benzene rings is 4. The lowest BCUT2D eigenvalue weighted by Crippen LogP contribution is -2.33. The minimum absolute atomic E-state index is 0.0777. The zero-order chi connectivity index (χ0) is 35.2. The molecule has 50 heavy (non-hydrogen) atoms. The van der Waals surface area contributed by atoms with Crippen molar-refractivity contribution in [2.45, 2.75) is 33.1 Å². The van der Waals surface area contributed by atoms with Gasteiger partial charge < -0.3 is 24.4 Å². The average Bonchev–Trinajstić information content (AvgIpc) is 3.70. The fourth-order valence-electron chi connectivity index (χ4n) is 6.71. The van der Waals surface area contributed by atoms with Gasteiger partial charge in [-0.2, -0.15) is 0 Å². The molecule has 2 heterocycles. The summed E-state index contributed by atoms with van der Waals surface area (Å²) in [6.45, 7) is 9.37. The zero-order valence-electron chi connectivity index (χ0n) is 28.7. The normalized spacial score (nSPS) is 14.3. The summed E-state index contributed by atoms with van der Waals surface area (Å²) in [5.41, 5.74) is 6.48. The fourth-order valence-corrected chi connectivity index (χ4v) is 7.72. The molecule has 0 saturated carbocycles. The van der Waals surface area contributed by atoms with E-state index >= 15 is 0 Å². The summed E-state index contributed by atoms with van der Waals surface area (Å²) in [5, 5.41) is 10.0. The Kier molecular flexibility index (Phi) is 8.58. The van der Waals surface area contributed by atoms with Gasteiger partial charge in [0, 0.05) is 50.7 Å². The lowest BCUT2D eigenvalue weighted by Gasteiger charge is -2.26. The van der Waals surface area contributed by atoms with Crippen molar-refractivity contribution in [2.24, 2.45) is 0 Å². The molecule has 0 fully saturated rings. The van der Waals surface area contributed by atoms with E-state index in [-0.39, 0.29) is 5.56 Å². The maximum Gasteiger partial charge on any atom is 0.268 e. The molecule has 0 amide bonds. The van der Waals surface area contributed by atoms with Crippen LogP contribution in [0.25, 0.3) is 27.0 Å². The maximum absolute atomic E-state index is 12.1. The predicted molar refractivity (Wildman–Crippen MR) is 205 cm³/mol. The van der Waals surface area contributed by atoms with Gasteiger partial charge in [0.05, 0.1) is 18.8 Å². The Morgan fingerprint density at radius 1 is 0.720 bits per heavy atom. The highest BCUT2D eigenvalue weighted by Crippen LogP contribution is 2.49. The molecular formula is C42H38N2O5S. The Balaban J connectivity index is 1.16. The maximum atomic E-state index is 12.1. The van der Waals surface area contributed by atoms with Gasteiger partial charge >= 0.3 is 0 Å². The van der Waals surface area contributed by atoms with Gasteiger partial charge in [0.15, 0.2) is 5.75 Å². The summed E-state index contributed by atoms with van der Waals surface area (Å²) < 4.78 is 11.4. The first-order chi connectivity index (χ1) is 24.1. The topological polar surface area (TPSA) is 79.3 Å². The number of rotatable bonds is 10. The van der Waals surface area contributed by atoms with Gasteiger partial charge in [-0.15, -0.1) is 11.3 Å². The van der Waals surface area contributed by atoms with E-state index in [0.717, 1.165) is 66.4 Å². The van der Waals surface area contributed by atoms with Gasteiger partial charge in [-0.25, -0.2) is 0 Å². The zero-order valence-corrected chi connectivity index (χ0v) is 29.5. The van der Waals surface area contributed by atoms with Crippen molar-refractivity contribution >= 4 is 40.2 Å². The van der Waals surface area contributed by atoms with Crippen LogP contribution in [0.5, 0.6) is 17.2 Å². The predicted octanol–water partition coefficient (Wildman–Crippen LogP) is 9.42. The van der Waals surface area contributed by atoms with E-state index in [1.54, 1.807) is 17.4 Å². The second-order valence-electron chi connectivity index (χ2n) is 12.8. The lowest BCUT2D eigenvalue weighted by atomic mass is 9.82. The van der Waals surface area contributed by atoms with Gasteiger partial charge in [-0.1, -0.05) is 38.1 Å². The number of allylic oxidation sites excluding steroid dienone is 1. The summed E-state index contributed by atoms with van der Waals surface area (Å²) in [6.07, 6.45) is 1.65. The summed E-state index contributed by atoms with van der Waals surface area (Å²) in [4.78, 5) is 30.3. The van der Waals surface area contributed by atoms with Crippen molar-refractivity contribution in [3.63, 3.8) is 0 Å². The van der Waals surface area contributed by atoms with Crippen molar-refractivity contribution in [1.29, 1.82) is 0 Å². The molecule has 0 atom stereocenters. The first kappa shape index (κ1) is 32.9. The van der Waals surface area contributed by atoms with Crippen LogP contribution in [0.3, 0.4) is 0 Å². The van der Waals surface area contributed by atoms with Crippen molar-refractivity contribution in [3.05, 3.63) is 140 Å². The first-order valence-electron chi connectivity index (χ1n) is 16.7. The fraction of sp³-hybridized carbons (Fsp3) is 0.190. The Morgan fingerprint density at radius 3 is 1.74 bits per heavy atom. The third kappa shape index (κ3) is 5.75. The van der Waals surface area contributed by atoms with Crippen molar-refractivity contribution in [1.82, 2.24) is 0 Å². The number of thiophene rings is 1. The van der Waals surface area contributed by atoms with Gasteiger partial charge in [0.1, 0.15) is 11.5 Å². The number of fused-ring (bicyclic) bond motifs is 1. The van der Waals surface area contributed by atoms with Gasteiger partial charge in [0.25, 0.3) is 5.43 Å². The second-order valence-corrected chi connectivity index (χ2v) is 13.8. The third-order valence-electron chi connectivity index (χ3n) is 9.35. The first-order valence-corrected chi connectivity index (χ1v) is 17.5. The standard InChI is InChI=1S/C42H38N2O5S/c1-6-48-31-17-13-29(14-18-31)44(30-15-19-32(20-16-30)49-7-2)28-11-8-26(9-12-28)36-22-23-37(50-36)27-10-21-34-35(24-27)43(5)38(42(34,3)4)25-33-39(45)41(47)40(33)46/h8-25,45H,6-7H2,1-5H3/b38-25+. The molecule has 252 valence electrons. The highest BCUT2D eigenvalue weighted by Gasteiger charge is 2.39. The number of nitrogens with zero attached hydrogens (tertiary/aromatic N) is 2. The molecule has 1 aromatic heterocycles. The average molecular weight is 683 g/mol. The minimum Gasteiger partial charge on any atom is -0.504 e. The quantitative estimate of drug-likeness (QED) is 0.144. The number of hydrogen-bond acceptors (Lipinski definition) is 8. The Morgan fingerprint density at radius 2 is 1.22 bits per heavy atom. The van der Waals surface area contributed by atoms with E-state index in [9.17, 15) is 14.7 Å². The monoisotopic (exact) mass is 682 g/mol. The molecule has 6 aromatic rings. The Bertz CT molecular complexity index is 2230. The third-order valence-corrected chi connectivity index (χ3v) is 10.5. The molecule has 0 aliphatic carbocycles. The van der Waals surface area contributed by atoms with Crippen LogP contribution >= 0.6 is 11.3 Å². The molecule has 1 aliphatic heterocycles. The Labute approximate surface area is 295 Å². The highest BCUT2D eigenvalue weighted by molar-refractivity contribution is 7.18. The van der Waals surface area contributed by atoms with Crippen LogP contribution in [0.15, 0.2) is 118 Å². The second kappa shape index (κ2) is 13.0. The number of likely N-dealkylation sites (N-methyl/N-ethyl adjacent to an activating group) is 1. The molecule has 1 aliphatic rings.